The van der Waals surface area contributed by atoms with Crippen molar-refractivity contribution in [3.05, 3.63) is 84.4 Å². The van der Waals surface area contributed by atoms with Crippen LogP contribution < -0.4 is 15.0 Å². The topological polar surface area (TPSA) is 84.4 Å². The number of methoxy groups -OCH3 is 1. The molecule has 1 N–H and O–H groups in total. The van der Waals surface area contributed by atoms with E-state index < -0.39 is 11.9 Å². The van der Waals surface area contributed by atoms with E-state index >= 15 is 0 Å². The summed E-state index contributed by atoms with van der Waals surface area (Å²) in [5.41, 5.74) is 1.46. The number of amides is 2. The fourth-order valence-electron chi connectivity index (χ4n) is 4.24. The van der Waals surface area contributed by atoms with Crippen LogP contribution in [0.5, 0.6) is 5.75 Å². The molecule has 1 aliphatic rings. The summed E-state index contributed by atoms with van der Waals surface area (Å²) in [5.74, 6) is 0.0515. The molecule has 1 atom stereocenters. The molecular formula is C26H28N4O3. The molecule has 0 spiro atoms. The number of rotatable bonds is 7. The fourth-order valence-corrected chi connectivity index (χ4v) is 4.24. The summed E-state index contributed by atoms with van der Waals surface area (Å²) in [6.07, 6.45) is 9.70. The van der Waals surface area contributed by atoms with Gasteiger partial charge in [0.05, 0.1) is 13.3 Å². The summed E-state index contributed by atoms with van der Waals surface area (Å²) in [6, 6.07) is 15.7. The first-order chi connectivity index (χ1) is 16.2. The molecule has 0 saturated heterocycles. The molecule has 0 aliphatic heterocycles. The minimum absolute atomic E-state index is 0.113. The summed E-state index contributed by atoms with van der Waals surface area (Å²) in [7, 11) is 1.59. The Kier molecular flexibility index (Phi) is 7.29. The van der Waals surface area contributed by atoms with E-state index in [-0.39, 0.29) is 17.6 Å². The number of aromatic nitrogens is 2. The van der Waals surface area contributed by atoms with Gasteiger partial charge in [0.2, 0.25) is 5.91 Å². The van der Waals surface area contributed by atoms with Gasteiger partial charge in [-0.3, -0.25) is 19.5 Å². The third kappa shape index (κ3) is 5.37. The summed E-state index contributed by atoms with van der Waals surface area (Å²) in [4.78, 5) is 37.2. The van der Waals surface area contributed by atoms with Gasteiger partial charge < -0.3 is 10.1 Å². The highest BCUT2D eigenvalue weighted by Crippen LogP contribution is 2.31. The second kappa shape index (κ2) is 10.7. The first-order valence-corrected chi connectivity index (χ1v) is 11.3. The van der Waals surface area contributed by atoms with Crippen LogP contribution in [0, 0.1) is 0 Å². The number of ether oxygens (including phenoxy) is 1. The second-order valence-electron chi connectivity index (χ2n) is 8.12. The van der Waals surface area contributed by atoms with Gasteiger partial charge in [-0.05, 0) is 42.7 Å². The number of carbonyl (C=O) groups is 2. The van der Waals surface area contributed by atoms with Crippen LogP contribution in [-0.2, 0) is 4.79 Å². The molecule has 7 heteroatoms. The summed E-state index contributed by atoms with van der Waals surface area (Å²) >= 11 is 0. The zero-order valence-electron chi connectivity index (χ0n) is 18.7. The second-order valence-corrected chi connectivity index (χ2v) is 8.12. The van der Waals surface area contributed by atoms with E-state index in [9.17, 15) is 9.59 Å². The zero-order valence-corrected chi connectivity index (χ0v) is 18.7. The number of anilines is 1. The predicted octanol–water partition coefficient (Wildman–Crippen LogP) is 4.32. The maximum absolute atomic E-state index is 13.7. The number of benzene rings is 2. The largest absolute Gasteiger partial charge is 0.497 e. The van der Waals surface area contributed by atoms with Gasteiger partial charge >= 0.3 is 0 Å². The Morgan fingerprint density at radius 1 is 1.00 bits per heavy atom. The van der Waals surface area contributed by atoms with E-state index in [1.54, 1.807) is 31.4 Å². The highest BCUT2D eigenvalue weighted by atomic mass is 16.5. The van der Waals surface area contributed by atoms with Crippen LogP contribution in [0.15, 0.2) is 73.2 Å². The van der Waals surface area contributed by atoms with Gasteiger partial charge in [0.15, 0.2) is 0 Å². The smallest absolute Gasteiger partial charge is 0.279 e. The summed E-state index contributed by atoms with van der Waals surface area (Å²) in [6.45, 7) is 0. The fraction of sp³-hybridized carbons (Fsp3) is 0.308. The number of hydrogen-bond donors (Lipinski definition) is 1. The van der Waals surface area contributed by atoms with Gasteiger partial charge in [0, 0.05) is 24.1 Å². The molecule has 2 aromatic carbocycles. The first kappa shape index (κ1) is 22.5. The summed E-state index contributed by atoms with van der Waals surface area (Å²) in [5, 5.41) is 3.20. The van der Waals surface area contributed by atoms with Crippen molar-refractivity contribution >= 4 is 17.5 Å². The molecule has 1 saturated carbocycles. The van der Waals surface area contributed by atoms with Crippen molar-refractivity contribution in [2.75, 3.05) is 12.0 Å². The van der Waals surface area contributed by atoms with Crippen LogP contribution in [0.1, 0.15) is 54.2 Å². The molecule has 1 fully saturated rings. The minimum Gasteiger partial charge on any atom is -0.497 e. The number of nitrogens with one attached hydrogen (secondary N) is 1. The van der Waals surface area contributed by atoms with Crippen molar-refractivity contribution in [1.29, 1.82) is 0 Å². The standard InChI is InChI=1S/C26H28N4O3/c1-33-22-14-12-21(13-15-22)30(26(32)23-18-27-16-17-28-23)24(19-8-4-2-5-9-19)25(31)29-20-10-6-3-7-11-20/h2,4-5,8-9,12-18,20,24H,3,6-7,10-11H2,1H3,(H,29,31)/t24-/m0/s1. The minimum atomic E-state index is -0.865. The third-order valence-corrected chi connectivity index (χ3v) is 5.93. The Balaban J connectivity index is 1.77. The van der Waals surface area contributed by atoms with Crippen LogP contribution in [0.3, 0.4) is 0 Å². The van der Waals surface area contributed by atoms with Gasteiger partial charge in [-0.2, -0.15) is 0 Å². The van der Waals surface area contributed by atoms with E-state index in [4.69, 9.17) is 4.74 Å². The quantitative estimate of drug-likeness (QED) is 0.587. The highest BCUT2D eigenvalue weighted by Gasteiger charge is 2.35. The Labute approximate surface area is 193 Å². The molecule has 2 amide bonds. The molecular weight excluding hydrogens is 416 g/mol. The van der Waals surface area contributed by atoms with E-state index in [0.717, 1.165) is 31.2 Å². The predicted molar refractivity (Wildman–Crippen MR) is 126 cm³/mol. The molecule has 0 radical (unpaired) electrons. The lowest BCUT2D eigenvalue weighted by atomic mass is 9.94. The first-order valence-electron chi connectivity index (χ1n) is 11.3. The molecule has 1 heterocycles. The molecule has 170 valence electrons. The number of hydrogen-bond acceptors (Lipinski definition) is 5. The van der Waals surface area contributed by atoms with Crippen molar-refractivity contribution < 1.29 is 14.3 Å². The van der Waals surface area contributed by atoms with Crippen LogP contribution in [0.2, 0.25) is 0 Å². The SMILES string of the molecule is COc1ccc(N(C(=O)c2cnccn2)[C@H](C(=O)NC2CCCCC2)c2ccccc2)cc1. The molecule has 3 aromatic rings. The van der Waals surface area contributed by atoms with Crippen molar-refractivity contribution in [2.24, 2.45) is 0 Å². The molecule has 1 aromatic heterocycles. The van der Waals surface area contributed by atoms with Gasteiger partial charge in [-0.25, -0.2) is 4.98 Å². The molecule has 7 nitrogen and oxygen atoms in total. The molecule has 4 rings (SSSR count). The average molecular weight is 445 g/mol. The molecule has 0 bridgehead atoms. The Morgan fingerprint density at radius 2 is 1.73 bits per heavy atom. The van der Waals surface area contributed by atoms with E-state index in [0.29, 0.717) is 11.4 Å². The lowest BCUT2D eigenvalue weighted by molar-refractivity contribution is -0.123. The van der Waals surface area contributed by atoms with Gasteiger partial charge in [-0.1, -0.05) is 49.6 Å². The summed E-state index contributed by atoms with van der Waals surface area (Å²) < 4.78 is 5.28. The van der Waals surface area contributed by atoms with Gasteiger partial charge in [0.25, 0.3) is 5.91 Å². The average Bonchev–Trinajstić information content (AvgIpc) is 2.88. The zero-order chi connectivity index (χ0) is 23.0. The lowest BCUT2D eigenvalue weighted by Crippen LogP contribution is -2.47. The van der Waals surface area contributed by atoms with Crippen LogP contribution in [0.25, 0.3) is 0 Å². The highest BCUT2D eigenvalue weighted by molar-refractivity contribution is 6.09. The van der Waals surface area contributed by atoms with E-state index in [2.05, 4.69) is 15.3 Å². The van der Waals surface area contributed by atoms with Crippen molar-refractivity contribution in [1.82, 2.24) is 15.3 Å². The Morgan fingerprint density at radius 3 is 2.36 bits per heavy atom. The van der Waals surface area contributed by atoms with E-state index in [1.165, 1.54) is 29.9 Å². The van der Waals surface area contributed by atoms with Crippen molar-refractivity contribution in [2.45, 2.75) is 44.2 Å². The Bertz CT molecular complexity index is 1050. The maximum Gasteiger partial charge on any atom is 0.279 e. The number of carbonyl (C=O) groups excluding carboxylic acids is 2. The molecule has 1 aliphatic carbocycles. The van der Waals surface area contributed by atoms with Gasteiger partial charge in [0.1, 0.15) is 17.5 Å². The van der Waals surface area contributed by atoms with Gasteiger partial charge in [-0.15, -0.1) is 0 Å². The van der Waals surface area contributed by atoms with E-state index in [1.807, 2.05) is 30.3 Å². The number of nitrogens with zero attached hydrogens (tertiary/aromatic N) is 3. The third-order valence-electron chi connectivity index (χ3n) is 5.93. The monoisotopic (exact) mass is 444 g/mol. The van der Waals surface area contributed by atoms with Crippen LogP contribution in [0.4, 0.5) is 5.69 Å². The molecule has 0 unspecified atom stereocenters. The van der Waals surface area contributed by atoms with Crippen LogP contribution in [-0.4, -0.2) is 34.9 Å². The molecule has 33 heavy (non-hydrogen) atoms. The lowest BCUT2D eigenvalue weighted by Gasteiger charge is -2.33. The van der Waals surface area contributed by atoms with Crippen LogP contribution >= 0.6 is 0 Å². The Hall–Kier alpha value is -3.74. The van der Waals surface area contributed by atoms with Crippen molar-refractivity contribution in [3.63, 3.8) is 0 Å². The maximum atomic E-state index is 13.7. The normalized spacial score (nSPS) is 14.8. The van der Waals surface area contributed by atoms with Crippen molar-refractivity contribution in [3.8, 4) is 5.75 Å².